The summed E-state index contributed by atoms with van der Waals surface area (Å²) >= 11 is 0. The second kappa shape index (κ2) is 13.7. The van der Waals surface area contributed by atoms with Crippen LogP contribution in [0.3, 0.4) is 0 Å². The Kier molecular flexibility index (Phi) is 10.7. The molecule has 18 nitrogen and oxygen atoms in total. The van der Waals surface area contributed by atoms with Gasteiger partial charge in [0.25, 0.3) is 5.69 Å². The van der Waals surface area contributed by atoms with Crippen LogP contribution in [0.5, 0.6) is 5.75 Å². The van der Waals surface area contributed by atoms with Gasteiger partial charge in [-0.05, 0) is 19.1 Å². The van der Waals surface area contributed by atoms with Crippen LogP contribution in [0.15, 0.2) is 24.3 Å². The van der Waals surface area contributed by atoms with Crippen molar-refractivity contribution in [3.63, 3.8) is 0 Å². The van der Waals surface area contributed by atoms with Crippen molar-refractivity contribution in [2.24, 2.45) is 0 Å². The highest BCUT2D eigenvalue weighted by Crippen LogP contribution is 2.31. The fraction of sp³-hybridized carbons (Fsp3) is 0.750. The van der Waals surface area contributed by atoms with Gasteiger partial charge in [-0.2, -0.15) is 0 Å². The number of aliphatic hydroxyl groups excluding tert-OH is 9. The number of nitro groups is 1. The predicted octanol–water partition coefficient (Wildman–Crippen LogP) is -4.55. The Balaban J connectivity index is 1.40. The van der Waals surface area contributed by atoms with Crippen LogP contribution >= 0.6 is 0 Å². The minimum atomic E-state index is -1.89. The molecule has 0 aromatic heterocycles. The first-order valence-corrected chi connectivity index (χ1v) is 13.0. The molecule has 0 amide bonds. The third-order valence-electron chi connectivity index (χ3n) is 7.31. The quantitative estimate of drug-likeness (QED) is 0.0941. The highest BCUT2D eigenvalue weighted by Gasteiger charge is 2.51. The minimum absolute atomic E-state index is 0.0439. The lowest BCUT2D eigenvalue weighted by Crippen LogP contribution is -2.65. The standard InChI is InChI=1S/C24H35NO17/c1-8-13(27)15(29)18(32)22(38-8)37-7-12-14(28)16(30)19(33)24(41-12)42-21-11(6-26)40-23(20(34)17(21)31)39-10-4-2-9(3-5-10)25(35)36/h2-5,8,11-24,26-34H,6-7H2,1H3/t8-,11+,12+,13+,14-,15+,16-,17+,18-,19+,20+,21+,22+,23+,24-/m0/s1. The molecule has 4 rings (SSSR count). The third-order valence-corrected chi connectivity index (χ3v) is 7.31. The van der Waals surface area contributed by atoms with E-state index >= 15 is 0 Å². The van der Waals surface area contributed by atoms with Crippen molar-refractivity contribution in [1.29, 1.82) is 0 Å². The zero-order valence-electron chi connectivity index (χ0n) is 22.1. The van der Waals surface area contributed by atoms with E-state index in [1.165, 1.54) is 19.1 Å². The summed E-state index contributed by atoms with van der Waals surface area (Å²) < 4.78 is 32.9. The molecule has 3 aliphatic heterocycles. The largest absolute Gasteiger partial charge is 0.462 e. The molecule has 1 aromatic rings. The third kappa shape index (κ3) is 6.82. The average Bonchev–Trinajstić information content (AvgIpc) is 2.97. The normalized spacial score (nSPS) is 44.5. The van der Waals surface area contributed by atoms with Crippen molar-refractivity contribution < 1.29 is 79.3 Å². The van der Waals surface area contributed by atoms with Crippen LogP contribution in [-0.2, 0) is 23.7 Å². The number of ether oxygens (including phenoxy) is 6. The van der Waals surface area contributed by atoms with E-state index in [1.807, 2.05) is 0 Å². The van der Waals surface area contributed by atoms with Gasteiger partial charge in [-0.1, -0.05) is 0 Å². The van der Waals surface area contributed by atoms with Crippen LogP contribution < -0.4 is 4.74 Å². The predicted molar refractivity (Wildman–Crippen MR) is 131 cm³/mol. The number of rotatable bonds is 9. The van der Waals surface area contributed by atoms with Gasteiger partial charge in [0.15, 0.2) is 12.6 Å². The van der Waals surface area contributed by atoms with E-state index in [-0.39, 0.29) is 11.4 Å². The first-order valence-electron chi connectivity index (χ1n) is 13.0. The van der Waals surface area contributed by atoms with E-state index in [0.29, 0.717) is 0 Å². The van der Waals surface area contributed by atoms with E-state index in [2.05, 4.69) is 0 Å². The Bertz CT molecular complexity index is 1030. The summed E-state index contributed by atoms with van der Waals surface area (Å²) in [7, 11) is 0. The molecule has 238 valence electrons. The van der Waals surface area contributed by atoms with Crippen molar-refractivity contribution >= 4 is 5.69 Å². The Morgan fingerprint density at radius 2 is 1.31 bits per heavy atom. The van der Waals surface area contributed by atoms with Crippen LogP contribution in [0, 0.1) is 10.1 Å². The number of hydrogen-bond donors (Lipinski definition) is 9. The number of non-ortho nitro benzene ring substituents is 1. The van der Waals surface area contributed by atoms with Crippen molar-refractivity contribution in [2.45, 2.75) is 99.0 Å². The van der Waals surface area contributed by atoms with Gasteiger partial charge in [-0.3, -0.25) is 10.1 Å². The number of nitro benzene ring substituents is 1. The van der Waals surface area contributed by atoms with Crippen LogP contribution in [0.2, 0.25) is 0 Å². The molecule has 15 atom stereocenters. The summed E-state index contributed by atoms with van der Waals surface area (Å²) in [5.41, 5.74) is -0.218. The summed E-state index contributed by atoms with van der Waals surface area (Å²) in [5, 5.41) is 103. The molecule has 9 N–H and O–H groups in total. The van der Waals surface area contributed by atoms with Crippen molar-refractivity contribution in [3.8, 4) is 5.75 Å². The lowest BCUT2D eigenvalue weighted by Gasteiger charge is -2.46. The number of nitrogens with zero attached hydrogens (tertiary/aromatic N) is 1. The Hall–Kier alpha value is -2.14. The number of benzene rings is 1. The van der Waals surface area contributed by atoms with Gasteiger partial charge in [0.1, 0.15) is 72.9 Å². The zero-order valence-corrected chi connectivity index (χ0v) is 22.1. The Morgan fingerprint density at radius 1 is 0.738 bits per heavy atom. The average molecular weight is 610 g/mol. The second-order valence-corrected chi connectivity index (χ2v) is 10.2. The van der Waals surface area contributed by atoms with E-state index < -0.39 is 110 Å². The van der Waals surface area contributed by atoms with Gasteiger partial charge < -0.3 is 74.4 Å². The van der Waals surface area contributed by atoms with E-state index in [4.69, 9.17) is 28.4 Å². The highest BCUT2D eigenvalue weighted by atomic mass is 16.8. The first kappa shape index (κ1) is 32.8. The molecule has 1 aromatic carbocycles. The van der Waals surface area contributed by atoms with Gasteiger partial charge >= 0.3 is 0 Å². The molecule has 0 saturated carbocycles. The smallest absolute Gasteiger partial charge is 0.269 e. The SMILES string of the molecule is C[C@@H]1O[C@@H](OC[C@H]2O[C@@H](O[C@H]3[C@H](O)[C@@H](O)[C@H](Oc4ccc([N+](=O)[O-])cc4)O[C@@H]3CO)[C@H](O)[C@@H](O)[C@H]2O)[C@@H](O)[C@H](O)[C@@H]1O. The fourth-order valence-corrected chi connectivity index (χ4v) is 4.76. The van der Waals surface area contributed by atoms with Crippen molar-refractivity contribution in [3.05, 3.63) is 34.4 Å². The van der Waals surface area contributed by atoms with Crippen molar-refractivity contribution in [2.75, 3.05) is 13.2 Å². The summed E-state index contributed by atoms with van der Waals surface area (Å²) in [4.78, 5) is 10.2. The Labute approximate surface area is 237 Å². The number of aliphatic hydroxyl groups is 9. The van der Waals surface area contributed by atoms with Gasteiger partial charge in [-0.25, -0.2) is 0 Å². The molecular formula is C24H35NO17. The van der Waals surface area contributed by atoms with Crippen LogP contribution in [0.4, 0.5) is 5.69 Å². The van der Waals surface area contributed by atoms with Gasteiger partial charge in [-0.15, -0.1) is 0 Å². The molecule has 42 heavy (non-hydrogen) atoms. The van der Waals surface area contributed by atoms with Gasteiger partial charge in [0.2, 0.25) is 6.29 Å². The highest BCUT2D eigenvalue weighted by molar-refractivity contribution is 5.36. The molecule has 3 aliphatic rings. The molecule has 18 heteroatoms. The van der Waals surface area contributed by atoms with E-state index in [0.717, 1.165) is 12.1 Å². The second-order valence-electron chi connectivity index (χ2n) is 10.2. The zero-order chi connectivity index (χ0) is 30.9. The van der Waals surface area contributed by atoms with Gasteiger partial charge in [0, 0.05) is 12.1 Å². The van der Waals surface area contributed by atoms with E-state index in [1.54, 1.807) is 0 Å². The molecular weight excluding hydrogens is 574 g/mol. The van der Waals surface area contributed by atoms with Crippen molar-refractivity contribution in [1.82, 2.24) is 0 Å². The maximum Gasteiger partial charge on any atom is 0.269 e. The molecule has 0 unspecified atom stereocenters. The molecule has 0 spiro atoms. The lowest BCUT2D eigenvalue weighted by atomic mass is 9.97. The maximum absolute atomic E-state index is 10.8. The molecule has 0 radical (unpaired) electrons. The summed E-state index contributed by atoms with van der Waals surface area (Å²) in [6.07, 6.45) is -23.8. The monoisotopic (exact) mass is 609 g/mol. The molecule has 0 aliphatic carbocycles. The maximum atomic E-state index is 10.8. The van der Waals surface area contributed by atoms with E-state index in [9.17, 15) is 56.1 Å². The number of hydrogen-bond acceptors (Lipinski definition) is 17. The molecule has 3 saturated heterocycles. The van der Waals surface area contributed by atoms with Gasteiger partial charge in [0.05, 0.1) is 24.2 Å². The summed E-state index contributed by atoms with van der Waals surface area (Å²) in [6.45, 7) is 0.0819. The lowest BCUT2D eigenvalue weighted by molar-refractivity contribution is -0.384. The van der Waals surface area contributed by atoms with Crippen LogP contribution in [0.1, 0.15) is 6.92 Å². The summed E-state index contributed by atoms with van der Waals surface area (Å²) in [5.74, 6) is 0.0439. The molecule has 0 bridgehead atoms. The fourth-order valence-electron chi connectivity index (χ4n) is 4.76. The Morgan fingerprint density at radius 3 is 1.93 bits per heavy atom. The summed E-state index contributed by atoms with van der Waals surface area (Å²) in [6, 6.07) is 4.76. The van der Waals surface area contributed by atoms with Crippen LogP contribution in [0.25, 0.3) is 0 Å². The minimum Gasteiger partial charge on any atom is -0.462 e. The topological polar surface area (TPSA) is 281 Å². The first-order chi connectivity index (χ1) is 19.8. The molecule has 3 fully saturated rings. The molecule has 3 heterocycles. The van der Waals surface area contributed by atoms with Crippen LogP contribution in [-0.4, -0.2) is 156 Å².